The van der Waals surface area contributed by atoms with Gasteiger partial charge in [-0.05, 0) is 47.6 Å². The van der Waals surface area contributed by atoms with Gasteiger partial charge in [-0.1, -0.05) is 19.9 Å². The Morgan fingerprint density at radius 3 is 2.71 bits per heavy atom. The van der Waals surface area contributed by atoms with Crippen LogP contribution in [-0.4, -0.2) is 35.4 Å². The molecule has 0 bridgehead atoms. The van der Waals surface area contributed by atoms with E-state index < -0.39 is 0 Å². The fourth-order valence-electron chi connectivity index (χ4n) is 2.36. The number of hydrogen-bond acceptors (Lipinski definition) is 4. The Morgan fingerprint density at radius 1 is 1.33 bits per heavy atom. The zero-order chi connectivity index (χ0) is 15.1. The van der Waals surface area contributed by atoms with Gasteiger partial charge in [0.25, 0.3) is 5.91 Å². The molecule has 112 valence electrons. The van der Waals surface area contributed by atoms with E-state index in [0.29, 0.717) is 12.2 Å². The smallest absolute Gasteiger partial charge is 0.269 e. The molecule has 0 saturated heterocycles. The average molecular weight is 303 g/mol. The topological polar surface area (TPSA) is 45.2 Å². The van der Waals surface area contributed by atoms with Crippen molar-refractivity contribution in [1.29, 1.82) is 0 Å². The molecule has 0 unspecified atom stereocenters. The van der Waals surface area contributed by atoms with Crippen molar-refractivity contribution in [2.24, 2.45) is 0 Å². The lowest BCUT2D eigenvalue weighted by atomic mass is 10.1. The molecule has 0 fully saturated rings. The van der Waals surface area contributed by atoms with Crippen molar-refractivity contribution >= 4 is 17.2 Å². The first-order chi connectivity index (χ1) is 10.3. The predicted molar refractivity (Wildman–Crippen MR) is 86.6 cm³/mol. The van der Waals surface area contributed by atoms with E-state index in [1.807, 2.05) is 6.07 Å². The molecule has 0 spiro atoms. The standard InChI is InChI=1S/C16H21N3OS/c1-3-19(4-2)15(13-8-10-21-12-13)11-18-16(20)14-7-5-6-9-17-14/h5-10,12,15H,3-4,11H2,1-2H3,(H,18,20)/t15-/m0/s1. The Kier molecular flexibility index (Phi) is 5.90. The highest BCUT2D eigenvalue weighted by Crippen LogP contribution is 2.22. The minimum absolute atomic E-state index is 0.122. The van der Waals surface area contributed by atoms with Crippen LogP contribution in [0, 0.1) is 0 Å². The number of carbonyl (C=O) groups excluding carboxylic acids is 1. The summed E-state index contributed by atoms with van der Waals surface area (Å²) in [7, 11) is 0. The Morgan fingerprint density at radius 2 is 2.14 bits per heavy atom. The first-order valence-electron chi connectivity index (χ1n) is 7.21. The normalized spacial score (nSPS) is 12.3. The van der Waals surface area contributed by atoms with Crippen LogP contribution in [0.15, 0.2) is 41.2 Å². The molecule has 0 aromatic carbocycles. The second-order valence-electron chi connectivity index (χ2n) is 4.72. The summed E-state index contributed by atoms with van der Waals surface area (Å²) in [5.41, 5.74) is 1.71. The predicted octanol–water partition coefficient (Wildman–Crippen LogP) is 2.96. The van der Waals surface area contributed by atoms with E-state index in [0.717, 1.165) is 13.1 Å². The van der Waals surface area contributed by atoms with E-state index in [9.17, 15) is 4.79 Å². The molecule has 2 rings (SSSR count). The SMILES string of the molecule is CCN(CC)[C@@H](CNC(=O)c1ccccn1)c1ccsc1. The summed E-state index contributed by atoms with van der Waals surface area (Å²) in [5.74, 6) is -0.122. The molecular weight excluding hydrogens is 282 g/mol. The maximum Gasteiger partial charge on any atom is 0.269 e. The third-order valence-electron chi connectivity index (χ3n) is 3.53. The molecule has 0 aliphatic rings. The van der Waals surface area contributed by atoms with Crippen molar-refractivity contribution in [3.8, 4) is 0 Å². The second kappa shape index (κ2) is 7.90. The van der Waals surface area contributed by atoms with Gasteiger partial charge >= 0.3 is 0 Å². The van der Waals surface area contributed by atoms with Gasteiger partial charge in [0, 0.05) is 12.7 Å². The quantitative estimate of drug-likeness (QED) is 0.855. The van der Waals surface area contributed by atoms with Gasteiger partial charge in [0.2, 0.25) is 0 Å². The number of likely N-dealkylation sites (N-methyl/N-ethyl adjacent to an activating group) is 1. The van der Waals surface area contributed by atoms with E-state index in [1.54, 1.807) is 29.7 Å². The van der Waals surface area contributed by atoms with Crippen molar-refractivity contribution in [3.05, 3.63) is 52.5 Å². The first kappa shape index (κ1) is 15.7. The summed E-state index contributed by atoms with van der Waals surface area (Å²) in [4.78, 5) is 18.6. The number of nitrogens with zero attached hydrogens (tertiary/aromatic N) is 2. The molecule has 1 N–H and O–H groups in total. The van der Waals surface area contributed by atoms with Crippen LogP contribution in [0.5, 0.6) is 0 Å². The fraction of sp³-hybridized carbons (Fsp3) is 0.375. The van der Waals surface area contributed by atoms with Crippen LogP contribution in [0.4, 0.5) is 0 Å². The van der Waals surface area contributed by atoms with Crippen LogP contribution >= 0.6 is 11.3 Å². The number of carbonyl (C=O) groups is 1. The Hall–Kier alpha value is -1.72. The summed E-state index contributed by atoms with van der Waals surface area (Å²) in [5, 5.41) is 7.22. The Bertz CT molecular complexity index is 538. The highest BCUT2D eigenvalue weighted by molar-refractivity contribution is 7.07. The molecule has 2 aromatic rings. The molecule has 1 amide bonds. The van der Waals surface area contributed by atoms with Gasteiger partial charge in [-0.3, -0.25) is 14.7 Å². The van der Waals surface area contributed by atoms with Gasteiger partial charge in [-0.25, -0.2) is 0 Å². The lowest BCUT2D eigenvalue weighted by molar-refractivity contribution is 0.0930. The van der Waals surface area contributed by atoms with Crippen molar-refractivity contribution in [2.45, 2.75) is 19.9 Å². The summed E-state index contributed by atoms with van der Waals surface area (Å²) in [6.45, 7) is 6.79. The highest BCUT2D eigenvalue weighted by atomic mass is 32.1. The van der Waals surface area contributed by atoms with Crippen molar-refractivity contribution in [3.63, 3.8) is 0 Å². The first-order valence-corrected chi connectivity index (χ1v) is 8.15. The van der Waals surface area contributed by atoms with E-state index in [1.165, 1.54) is 5.56 Å². The molecule has 0 aliphatic carbocycles. The monoisotopic (exact) mass is 303 g/mol. The van der Waals surface area contributed by atoms with Crippen molar-refractivity contribution in [1.82, 2.24) is 15.2 Å². The lowest BCUT2D eigenvalue weighted by Crippen LogP contribution is -2.38. The van der Waals surface area contributed by atoms with Crippen molar-refractivity contribution in [2.75, 3.05) is 19.6 Å². The third kappa shape index (κ3) is 4.12. The van der Waals surface area contributed by atoms with Gasteiger partial charge < -0.3 is 5.32 Å². The zero-order valence-electron chi connectivity index (χ0n) is 12.5. The molecule has 0 saturated carbocycles. The zero-order valence-corrected chi connectivity index (χ0v) is 13.3. The van der Waals surface area contributed by atoms with Gasteiger partial charge in [0.1, 0.15) is 5.69 Å². The molecule has 21 heavy (non-hydrogen) atoms. The number of thiophene rings is 1. The number of pyridine rings is 1. The molecule has 4 nitrogen and oxygen atoms in total. The van der Waals surface area contributed by atoms with Crippen LogP contribution in [0.1, 0.15) is 35.9 Å². The maximum atomic E-state index is 12.1. The third-order valence-corrected chi connectivity index (χ3v) is 4.24. The summed E-state index contributed by atoms with van der Waals surface area (Å²) in [6, 6.07) is 7.69. The number of aromatic nitrogens is 1. The van der Waals surface area contributed by atoms with E-state index in [2.05, 4.69) is 45.9 Å². The van der Waals surface area contributed by atoms with Gasteiger partial charge in [-0.2, -0.15) is 11.3 Å². The number of amides is 1. The fourth-order valence-corrected chi connectivity index (χ4v) is 3.07. The van der Waals surface area contributed by atoms with Gasteiger partial charge in [0.15, 0.2) is 0 Å². The summed E-state index contributed by atoms with van der Waals surface area (Å²) in [6.07, 6.45) is 1.63. The second-order valence-corrected chi connectivity index (χ2v) is 5.50. The largest absolute Gasteiger partial charge is 0.349 e. The van der Waals surface area contributed by atoms with Crippen LogP contribution < -0.4 is 5.32 Å². The minimum atomic E-state index is -0.122. The number of hydrogen-bond donors (Lipinski definition) is 1. The summed E-state index contributed by atoms with van der Waals surface area (Å²) < 4.78 is 0. The maximum absolute atomic E-state index is 12.1. The number of rotatable bonds is 7. The van der Waals surface area contributed by atoms with E-state index >= 15 is 0 Å². The van der Waals surface area contributed by atoms with Crippen LogP contribution in [0.2, 0.25) is 0 Å². The Labute approximate surface area is 129 Å². The van der Waals surface area contributed by atoms with Gasteiger partial charge in [0.05, 0.1) is 6.04 Å². The van der Waals surface area contributed by atoms with E-state index in [4.69, 9.17) is 0 Å². The molecule has 5 heteroatoms. The van der Waals surface area contributed by atoms with Crippen LogP contribution in [-0.2, 0) is 0 Å². The van der Waals surface area contributed by atoms with E-state index in [-0.39, 0.29) is 11.9 Å². The molecule has 2 heterocycles. The molecule has 2 aromatic heterocycles. The highest BCUT2D eigenvalue weighted by Gasteiger charge is 2.19. The summed E-state index contributed by atoms with van der Waals surface area (Å²) >= 11 is 1.69. The van der Waals surface area contributed by atoms with Crippen molar-refractivity contribution < 1.29 is 4.79 Å². The molecule has 1 atom stereocenters. The lowest BCUT2D eigenvalue weighted by Gasteiger charge is -2.29. The van der Waals surface area contributed by atoms with Crippen LogP contribution in [0.25, 0.3) is 0 Å². The molecule has 0 aliphatic heterocycles. The van der Waals surface area contributed by atoms with Crippen LogP contribution in [0.3, 0.4) is 0 Å². The number of nitrogens with one attached hydrogen (secondary N) is 1. The Balaban J connectivity index is 2.04. The van der Waals surface area contributed by atoms with Gasteiger partial charge in [-0.15, -0.1) is 0 Å². The minimum Gasteiger partial charge on any atom is -0.349 e. The molecular formula is C16H21N3OS. The average Bonchev–Trinajstić information content (AvgIpc) is 3.06. The molecule has 0 radical (unpaired) electrons.